The maximum absolute atomic E-state index is 11.6. The van der Waals surface area contributed by atoms with Crippen LogP contribution in [0, 0.1) is 0 Å². The molecule has 0 heterocycles. The number of hydrogen-bond donors (Lipinski definition) is 0. The second-order valence-corrected chi connectivity index (χ2v) is 6.68. The van der Waals surface area contributed by atoms with Crippen molar-refractivity contribution in [2.75, 3.05) is 7.11 Å². The predicted molar refractivity (Wildman–Crippen MR) is 81.0 cm³/mol. The monoisotopic (exact) mass is 330 g/mol. The van der Waals surface area contributed by atoms with Crippen molar-refractivity contribution < 1.29 is 47.3 Å². The summed E-state index contributed by atoms with van der Waals surface area (Å²) in [6.07, 6.45) is 0.628. The van der Waals surface area contributed by atoms with Gasteiger partial charge in [-0.05, 0) is 41.7 Å². The van der Waals surface area contributed by atoms with Crippen molar-refractivity contribution in [2.24, 2.45) is 0 Å². The minimum absolute atomic E-state index is 0. The first-order valence-corrected chi connectivity index (χ1v) is 8.29. The zero-order valence-electron chi connectivity index (χ0n) is 13.6. The van der Waals surface area contributed by atoms with E-state index in [1.54, 1.807) is 13.2 Å². The molecule has 2 rings (SSSR count). The Labute approximate surface area is 154 Å². The van der Waals surface area contributed by atoms with E-state index in [1.807, 2.05) is 32.9 Å². The Morgan fingerprint density at radius 1 is 1.23 bits per heavy atom. The molecule has 0 unspecified atom stereocenters. The Balaban J connectivity index is 0.00000242. The van der Waals surface area contributed by atoms with E-state index in [1.165, 1.54) is 6.07 Å². The fraction of sp³-hybridized carbons (Fsp3) is 0.375. The van der Waals surface area contributed by atoms with Gasteiger partial charge in [-0.2, -0.15) is 0 Å². The summed E-state index contributed by atoms with van der Waals surface area (Å²) < 4.78 is 40.1. The molecule has 6 heteroatoms. The molecule has 0 saturated heterocycles. The van der Waals surface area contributed by atoms with E-state index >= 15 is 0 Å². The quantitative estimate of drug-likeness (QED) is 0.601. The van der Waals surface area contributed by atoms with Crippen LogP contribution in [0.25, 0.3) is 11.1 Å². The average Bonchev–Trinajstić information content (AvgIpc) is 2.65. The summed E-state index contributed by atoms with van der Waals surface area (Å²) in [5.74, 6) is 0.802. The van der Waals surface area contributed by atoms with Gasteiger partial charge in [0.2, 0.25) is 0 Å². The van der Waals surface area contributed by atoms with E-state index in [0.717, 1.165) is 11.1 Å². The third kappa shape index (κ3) is 3.66. The van der Waals surface area contributed by atoms with Crippen LogP contribution in [0.1, 0.15) is 37.8 Å². The van der Waals surface area contributed by atoms with Crippen LogP contribution in [0.3, 0.4) is 0 Å². The van der Waals surface area contributed by atoms with E-state index in [-0.39, 0.29) is 40.4 Å². The summed E-state index contributed by atoms with van der Waals surface area (Å²) in [7, 11) is -2.98. The molecule has 114 valence electrons. The van der Waals surface area contributed by atoms with Crippen molar-refractivity contribution in [2.45, 2.75) is 38.0 Å². The van der Waals surface area contributed by atoms with Gasteiger partial charge >= 0.3 is 29.6 Å². The molecular weight excluding hydrogens is 311 g/mol. The van der Waals surface area contributed by atoms with Crippen LogP contribution in [-0.2, 0) is 16.5 Å². The number of fused-ring (bicyclic) bond motifs is 1. The maximum Gasteiger partial charge on any atom is 1.00 e. The molecule has 0 aromatic rings. The molecule has 0 bridgehead atoms. The Morgan fingerprint density at radius 3 is 2.32 bits per heavy atom. The summed E-state index contributed by atoms with van der Waals surface area (Å²) >= 11 is 0. The van der Waals surface area contributed by atoms with E-state index in [4.69, 9.17) is 4.74 Å². The Morgan fingerprint density at radius 2 is 1.86 bits per heavy atom. The van der Waals surface area contributed by atoms with Gasteiger partial charge in [0, 0.05) is 11.1 Å². The van der Waals surface area contributed by atoms with Gasteiger partial charge in [-0.25, -0.2) is 8.42 Å². The van der Waals surface area contributed by atoms with E-state index in [0.29, 0.717) is 23.3 Å². The number of ether oxygens (including phenoxy) is 1. The zero-order valence-corrected chi connectivity index (χ0v) is 16.5. The number of rotatable bonds is 4. The van der Waals surface area contributed by atoms with Gasteiger partial charge in [0.05, 0.1) is 12.0 Å². The van der Waals surface area contributed by atoms with Crippen molar-refractivity contribution in [3.05, 3.63) is 35.4 Å². The Hall–Kier alpha value is -0.590. The standard InChI is InChI=1S/C16H20O4S.Na/c1-5-11-9-15(21(17,18)19)13-8-12(10(2)3)6-7-14(20-4)16(11)13;/h6-10H,5H2,1-4H3,(H,17,18,19);/q;+1/p-1. The van der Waals surface area contributed by atoms with Gasteiger partial charge in [0.15, 0.2) is 0 Å². The molecule has 0 amide bonds. The molecule has 0 aromatic heterocycles. The van der Waals surface area contributed by atoms with Crippen molar-refractivity contribution >= 4 is 10.1 Å². The average molecular weight is 330 g/mol. The number of aryl methyl sites for hydroxylation is 1. The van der Waals surface area contributed by atoms with Crippen LogP contribution >= 0.6 is 0 Å². The summed E-state index contributed by atoms with van der Waals surface area (Å²) in [4.78, 5) is -0.161. The van der Waals surface area contributed by atoms with Crippen molar-refractivity contribution in [3.63, 3.8) is 0 Å². The largest absolute Gasteiger partial charge is 1.00 e. The molecule has 2 aliphatic carbocycles. The predicted octanol–water partition coefficient (Wildman–Crippen LogP) is 0.394. The molecular formula is C16H19NaO4S. The van der Waals surface area contributed by atoms with Crippen molar-refractivity contribution in [3.8, 4) is 16.9 Å². The van der Waals surface area contributed by atoms with Crippen LogP contribution in [0.15, 0.2) is 29.2 Å². The minimum Gasteiger partial charge on any atom is -0.744 e. The van der Waals surface area contributed by atoms with Crippen LogP contribution < -0.4 is 34.3 Å². The van der Waals surface area contributed by atoms with Crippen molar-refractivity contribution in [1.29, 1.82) is 0 Å². The number of hydrogen-bond acceptors (Lipinski definition) is 4. The first-order chi connectivity index (χ1) is 9.79. The molecule has 0 saturated carbocycles. The molecule has 2 aliphatic rings. The molecule has 0 aliphatic heterocycles. The summed E-state index contributed by atoms with van der Waals surface area (Å²) in [6.45, 7) is 5.96. The first kappa shape index (κ1) is 19.5. The van der Waals surface area contributed by atoms with Gasteiger partial charge in [-0.15, -0.1) is 0 Å². The topological polar surface area (TPSA) is 66.4 Å². The third-order valence-corrected chi connectivity index (χ3v) is 4.56. The van der Waals surface area contributed by atoms with Gasteiger partial charge in [-0.1, -0.05) is 26.8 Å². The maximum atomic E-state index is 11.6. The molecule has 0 aromatic carbocycles. The van der Waals surface area contributed by atoms with Crippen LogP contribution in [0.5, 0.6) is 5.75 Å². The normalized spacial score (nSPS) is 11.5. The number of methoxy groups -OCH3 is 1. The second kappa shape index (κ2) is 7.32. The smallest absolute Gasteiger partial charge is 0.744 e. The summed E-state index contributed by atoms with van der Waals surface area (Å²) in [6, 6.07) is 6.99. The SMILES string of the molecule is CCc1cc(S(=O)(=O)[O-])c2cc(C(C)C)ccc(OC)c1-2.[Na+]. The summed E-state index contributed by atoms with van der Waals surface area (Å²) in [5.41, 5.74) is 2.93. The van der Waals surface area contributed by atoms with E-state index in [9.17, 15) is 13.0 Å². The van der Waals surface area contributed by atoms with E-state index < -0.39 is 10.1 Å². The Kier molecular flexibility index (Phi) is 6.47. The van der Waals surface area contributed by atoms with Crippen molar-refractivity contribution in [1.82, 2.24) is 0 Å². The molecule has 22 heavy (non-hydrogen) atoms. The fourth-order valence-electron chi connectivity index (χ4n) is 2.52. The summed E-state index contributed by atoms with van der Waals surface area (Å²) in [5, 5.41) is 0. The molecule has 0 radical (unpaired) electrons. The molecule has 0 fully saturated rings. The van der Waals surface area contributed by atoms with Gasteiger partial charge in [-0.3, -0.25) is 0 Å². The van der Waals surface area contributed by atoms with Gasteiger partial charge < -0.3 is 9.29 Å². The fourth-order valence-corrected chi connectivity index (χ4v) is 3.24. The second-order valence-electron chi connectivity index (χ2n) is 5.33. The van der Waals surface area contributed by atoms with Crippen LogP contribution in [0.4, 0.5) is 0 Å². The van der Waals surface area contributed by atoms with Crippen LogP contribution in [0.2, 0.25) is 0 Å². The molecule has 4 nitrogen and oxygen atoms in total. The minimum atomic E-state index is -4.52. The van der Waals surface area contributed by atoms with Gasteiger partial charge in [0.1, 0.15) is 15.9 Å². The molecule has 0 N–H and O–H groups in total. The first-order valence-electron chi connectivity index (χ1n) is 6.89. The molecule has 0 atom stereocenters. The zero-order chi connectivity index (χ0) is 15.8. The Bertz CT molecular complexity index is 738. The molecule has 0 spiro atoms. The van der Waals surface area contributed by atoms with Gasteiger partial charge in [0.25, 0.3) is 0 Å². The third-order valence-electron chi connectivity index (χ3n) is 3.68. The van der Waals surface area contributed by atoms with E-state index in [2.05, 4.69) is 0 Å². The van der Waals surface area contributed by atoms with Crippen LogP contribution in [-0.4, -0.2) is 20.1 Å².